The Bertz CT molecular complexity index is 1270. The maximum Gasteiger partial charge on any atom is 0.255 e. The Morgan fingerprint density at radius 2 is 1.89 bits per heavy atom. The number of nitrogens with zero attached hydrogens (tertiary/aromatic N) is 1. The molecule has 0 radical (unpaired) electrons. The number of Topliss-reactive ketones (excluding diaryl/α,β-unsaturated/α-hetero) is 1. The molecule has 5 rings (SSSR count). The Morgan fingerprint density at radius 3 is 2.64 bits per heavy atom. The van der Waals surface area contributed by atoms with Crippen molar-refractivity contribution in [3.63, 3.8) is 0 Å². The molecule has 1 fully saturated rings. The summed E-state index contributed by atoms with van der Waals surface area (Å²) in [6.07, 6.45) is 8.91. The van der Waals surface area contributed by atoms with Gasteiger partial charge in [0.05, 0.1) is 17.0 Å². The first-order chi connectivity index (χ1) is 16.9. The number of fused-ring (bicyclic) bond motifs is 3. The molecule has 8 heteroatoms. The first kappa shape index (κ1) is 26.4. The molecular formula is C28H29Cl2N3O2S. The lowest BCUT2D eigenvalue weighted by Crippen LogP contribution is -2.47. The monoisotopic (exact) mass is 541 g/mol. The fourth-order valence-corrected chi connectivity index (χ4v) is 6.34. The predicted octanol–water partition coefficient (Wildman–Crippen LogP) is 6.14. The van der Waals surface area contributed by atoms with Gasteiger partial charge in [-0.25, -0.2) is 0 Å². The van der Waals surface area contributed by atoms with E-state index in [1.807, 2.05) is 56.2 Å². The summed E-state index contributed by atoms with van der Waals surface area (Å²) in [6, 6.07) is 10.9. The van der Waals surface area contributed by atoms with Crippen molar-refractivity contribution < 1.29 is 9.59 Å². The van der Waals surface area contributed by atoms with Crippen LogP contribution in [0.2, 0.25) is 5.02 Å². The average molecular weight is 543 g/mol. The van der Waals surface area contributed by atoms with E-state index in [0.717, 1.165) is 34.8 Å². The number of carbonyl (C=O) groups is 2. The van der Waals surface area contributed by atoms with Crippen molar-refractivity contribution in [1.82, 2.24) is 10.2 Å². The van der Waals surface area contributed by atoms with Gasteiger partial charge in [0, 0.05) is 53.0 Å². The van der Waals surface area contributed by atoms with Crippen molar-refractivity contribution in [2.75, 3.05) is 23.4 Å². The van der Waals surface area contributed by atoms with Gasteiger partial charge in [-0.1, -0.05) is 40.9 Å². The van der Waals surface area contributed by atoms with Crippen LogP contribution in [0.3, 0.4) is 0 Å². The molecule has 5 nitrogen and oxygen atoms in total. The number of thioether (sulfide) groups is 1. The molecule has 36 heavy (non-hydrogen) atoms. The zero-order valence-corrected chi connectivity index (χ0v) is 22.6. The molecule has 1 amide bonds. The summed E-state index contributed by atoms with van der Waals surface area (Å²) in [4.78, 5) is 28.9. The van der Waals surface area contributed by atoms with Gasteiger partial charge in [0.25, 0.3) is 5.91 Å². The SMILES string of the molecule is Cc1cc(C)cc(C(=O)Nc2ccc(C(=O)C3CC=CC4=CNC=C5CSCCN5C43)c(Cl)c2)c1.Cl. The number of carbonyl (C=O) groups excluding carboxylic acids is 2. The number of nitrogens with one attached hydrogen (secondary N) is 2. The summed E-state index contributed by atoms with van der Waals surface area (Å²) >= 11 is 8.53. The summed E-state index contributed by atoms with van der Waals surface area (Å²) in [7, 11) is 0. The van der Waals surface area contributed by atoms with E-state index in [-0.39, 0.29) is 36.1 Å². The largest absolute Gasteiger partial charge is 0.366 e. The molecule has 2 heterocycles. The van der Waals surface area contributed by atoms with Crippen molar-refractivity contribution in [2.45, 2.75) is 26.3 Å². The molecule has 188 valence electrons. The first-order valence-corrected chi connectivity index (χ1v) is 13.3. The number of rotatable bonds is 4. The minimum Gasteiger partial charge on any atom is -0.366 e. The van der Waals surface area contributed by atoms with E-state index >= 15 is 0 Å². The molecule has 1 saturated heterocycles. The van der Waals surface area contributed by atoms with Crippen molar-refractivity contribution in [3.8, 4) is 0 Å². The lowest BCUT2D eigenvalue weighted by Gasteiger charge is -2.42. The van der Waals surface area contributed by atoms with Crippen LogP contribution in [0.4, 0.5) is 5.69 Å². The van der Waals surface area contributed by atoms with Gasteiger partial charge in [-0.2, -0.15) is 11.8 Å². The van der Waals surface area contributed by atoms with Gasteiger partial charge < -0.3 is 15.5 Å². The summed E-state index contributed by atoms with van der Waals surface area (Å²) in [5.74, 6) is 1.58. The van der Waals surface area contributed by atoms with Gasteiger partial charge >= 0.3 is 0 Å². The van der Waals surface area contributed by atoms with E-state index in [1.54, 1.807) is 18.2 Å². The van der Waals surface area contributed by atoms with E-state index in [2.05, 4.69) is 27.7 Å². The zero-order chi connectivity index (χ0) is 24.5. The highest BCUT2D eigenvalue weighted by Gasteiger charge is 2.39. The Balaban J connectivity index is 0.00000304. The molecule has 0 spiro atoms. The van der Waals surface area contributed by atoms with Crippen LogP contribution in [0.5, 0.6) is 0 Å². The van der Waals surface area contributed by atoms with Crippen LogP contribution < -0.4 is 10.6 Å². The van der Waals surface area contributed by atoms with Crippen molar-refractivity contribution in [2.24, 2.45) is 5.92 Å². The minimum atomic E-state index is -0.231. The Labute approximate surface area is 227 Å². The highest BCUT2D eigenvalue weighted by molar-refractivity contribution is 7.99. The molecule has 3 aliphatic rings. The average Bonchev–Trinajstić information content (AvgIpc) is 3.02. The van der Waals surface area contributed by atoms with Crippen LogP contribution >= 0.6 is 35.8 Å². The molecule has 0 aromatic heterocycles. The number of benzene rings is 2. The van der Waals surface area contributed by atoms with Gasteiger partial charge in [0.15, 0.2) is 5.78 Å². The lowest BCUT2D eigenvalue weighted by atomic mass is 9.79. The number of aryl methyl sites for hydroxylation is 2. The van der Waals surface area contributed by atoms with E-state index < -0.39 is 0 Å². The number of allylic oxidation sites excluding steroid dienone is 1. The second-order valence-corrected chi connectivity index (χ2v) is 10.8. The first-order valence-electron chi connectivity index (χ1n) is 11.8. The topological polar surface area (TPSA) is 61.4 Å². The summed E-state index contributed by atoms with van der Waals surface area (Å²) in [5.41, 5.74) is 6.05. The molecule has 0 saturated carbocycles. The van der Waals surface area contributed by atoms with E-state index in [1.165, 1.54) is 5.70 Å². The quantitative estimate of drug-likeness (QED) is 0.455. The van der Waals surface area contributed by atoms with Gasteiger partial charge in [0.2, 0.25) is 0 Å². The van der Waals surface area contributed by atoms with Gasteiger partial charge in [-0.3, -0.25) is 9.59 Å². The molecule has 2 aromatic carbocycles. The normalized spacial score (nSPS) is 20.5. The fourth-order valence-electron chi connectivity index (χ4n) is 5.14. The third-order valence-electron chi connectivity index (χ3n) is 6.67. The van der Waals surface area contributed by atoms with E-state index in [0.29, 0.717) is 28.3 Å². The molecule has 1 aliphatic carbocycles. The number of hydrogen-bond donors (Lipinski definition) is 2. The van der Waals surface area contributed by atoms with Crippen LogP contribution in [0.1, 0.15) is 38.3 Å². The zero-order valence-electron chi connectivity index (χ0n) is 20.2. The number of hydrogen-bond acceptors (Lipinski definition) is 5. The number of ketones is 1. The van der Waals surface area contributed by atoms with E-state index in [4.69, 9.17) is 11.6 Å². The molecule has 0 bridgehead atoms. The molecule has 2 atom stereocenters. The maximum atomic E-state index is 13.8. The van der Waals surface area contributed by atoms with Crippen LogP contribution in [-0.2, 0) is 0 Å². The van der Waals surface area contributed by atoms with Gasteiger partial charge in [-0.05, 0) is 56.2 Å². The standard InChI is InChI=1S/C28H28ClN3O2S.ClH/c1-17-10-18(2)12-20(11-17)28(34)31-21-6-7-23(25(29)13-21)27(33)24-5-3-4-19-14-30-15-22-16-35-9-8-32(22)26(19)24;/h3-4,6-7,10-15,24,26,30H,5,8-9,16H2,1-2H3,(H,31,34);1H. The molecule has 2 N–H and O–H groups in total. The van der Waals surface area contributed by atoms with Crippen LogP contribution in [0.15, 0.2) is 72.2 Å². The third-order valence-corrected chi connectivity index (χ3v) is 7.95. The predicted molar refractivity (Wildman–Crippen MR) is 151 cm³/mol. The number of halogens is 2. The van der Waals surface area contributed by atoms with Crippen molar-refractivity contribution >= 4 is 53.1 Å². The summed E-state index contributed by atoms with van der Waals surface area (Å²) < 4.78 is 0. The highest BCUT2D eigenvalue weighted by Crippen LogP contribution is 2.37. The number of anilines is 1. The Hall–Kier alpha value is -2.67. The molecule has 2 aliphatic heterocycles. The van der Waals surface area contributed by atoms with Gasteiger partial charge in [0.1, 0.15) is 0 Å². The fraction of sp³-hybridized carbons (Fsp3) is 0.286. The van der Waals surface area contributed by atoms with Crippen LogP contribution in [0.25, 0.3) is 0 Å². The second kappa shape index (κ2) is 11.2. The molecule has 2 aromatic rings. The summed E-state index contributed by atoms with van der Waals surface area (Å²) in [6.45, 7) is 4.84. The van der Waals surface area contributed by atoms with Gasteiger partial charge in [-0.15, -0.1) is 12.4 Å². The maximum absolute atomic E-state index is 13.8. The number of amides is 1. The van der Waals surface area contributed by atoms with Crippen LogP contribution in [0, 0.1) is 19.8 Å². The van der Waals surface area contributed by atoms with Crippen molar-refractivity contribution in [3.05, 3.63) is 99.5 Å². The molecular weight excluding hydrogens is 513 g/mol. The highest BCUT2D eigenvalue weighted by atomic mass is 35.5. The second-order valence-electron chi connectivity index (χ2n) is 9.27. The third kappa shape index (κ3) is 5.36. The van der Waals surface area contributed by atoms with Crippen molar-refractivity contribution in [1.29, 1.82) is 0 Å². The molecule has 2 unspecified atom stereocenters. The summed E-state index contributed by atoms with van der Waals surface area (Å²) in [5, 5.41) is 6.55. The Morgan fingerprint density at radius 1 is 1.11 bits per heavy atom. The van der Waals surface area contributed by atoms with Crippen LogP contribution in [-0.4, -0.2) is 40.7 Å². The Kier molecular flexibility index (Phi) is 8.18. The smallest absolute Gasteiger partial charge is 0.255 e. The van der Waals surface area contributed by atoms with E-state index in [9.17, 15) is 9.59 Å². The lowest BCUT2D eigenvalue weighted by molar-refractivity contribution is 0.0850. The minimum absolute atomic E-state index is 0.